The molecule has 0 amide bonds. The van der Waals surface area contributed by atoms with E-state index in [1.165, 1.54) is 10.5 Å². The van der Waals surface area contributed by atoms with Gasteiger partial charge in [-0.3, -0.25) is 0 Å². The molecule has 0 radical (unpaired) electrons. The van der Waals surface area contributed by atoms with Crippen molar-refractivity contribution >= 4 is 17.4 Å². The zero-order valence-electron chi connectivity index (χ0n) is 7.62. The molecule has 0 aliphatic carbocycles. The first-order chi connectivity index (χ1) is 6.25. The topological polar surface area (TPSA) is 35.2 Å². The van der Waals surface area contributed by atoms with E-state index in [1.54, 1.807) is 0 Å². The third kappa shape index (κ3) is 1.98. The molecule has 1 aliphatic rings. The fraction of sp³-hybridized carbons (Fsp3) is 0.400. The summed E-state index contributed by atoms with van der Waals surface area (Å²) in [6, 6.07) is 6.20. The van der Waals surface area contributed by atoms with Crippen LogP contribution in [-0.4, -0.2) is 18.5 Å². The van der Waals surface area contributed by atoms with E-state index in [4.69, 9.17) is 10.5 Å². The Balaban J connectivity index is 2.10. The van der Waals surface area contributed by atoms with Crippen molar-refractivity contribution in [2.45, 2.75) is 17.1 Å². The third-order valence-corrected chi connectivity index (χ3v) is 3.30. The van der Waals surface area contributed by atoms with Crippen LogP contribution in [-0.2, 0) is 4.74 Å². The molecule has 13 heavy (non-hydrogen) atoms. The Morgan fingerprint density at radius 2 is 2.23 bits per heavy atom. The Kier molecular flexibility index (Phi) is 2.47. The van der Waals surface area contributed by atoms with Crippen molar-refractivity contribution in [3.8, 4) is 0 Å². The molecule has 1 fully saturated rings. The van der Waals surface area contributed by atoms with Crippen molar-refractivity contribution in [2.75, 3.05) is 18.9 Å². The van der Waals surface area contributed by atoms with Crippen LogP contribution >= 0.6 is 11.8 Å². The molecule has 70 valence electrons. The molecule has 1 heterocycles. The van der Waals surface area contributed by atoms with Crippen molar-refractivity contribution < 1.29 is 4.74 Å². The zero-order chi connectivity index (χ0) is 9.26. The van der Waals surface area contributed by atoms with Gasteiger partial charge in [0.2, 0.25) is 0 Å². The summed E-state index contributed by atoms with van der Waals surface area (Å²) in [5, 5.41) is 0.602. The summed E-state index contributed by atoms with van der Waals surface area (Å²) in [5.74, 6) is 0. The predicted octanol–water partition coefficient (Wildman–Crippen LogP) is 2.07. The molecule has 2 rings (SSSR count). The second-order valence-electron chi connectivity index (χ2n) is 3.32. The molecule has 2 nitrogen and oxygen atoms in total. The smallest absolute Gasteiger partial charge is 0.0611 e. The van der Waals surface area contributed by atoms with E-state index in [9.17, 15) is 0 Å². The average Bonchev–Trinajstić information content (AvgIpc) is 1.99. The van der Waals surface area contributed by atoms with Crippen LogP contribution in [0, 0.1) is 6.92 Å². The van der Waals surface area contributed by atoms with E-state index in [-0.39, 0.29) is 0 Å². The minimum Gasteiger partial charge on any atom is -0.398 e. The highest BCUT2D eigenvalue weighted by Crippen LogP contribution is 2.32. The molecule has 2 N–H and O–H groups in total. The molecule has 0 saturated carbocycles. The van der Waals surface area contributed by atoms with E-state index >= 15 is 0 Å². The summed E-state index contributed by atoms with van der Waals surface area (Å²) < 4.78 is 5.11. The Labute approximate surface area is 82.5 Å². The van der Waals surface area contributed by atoms with Crippen molar-refractivity contribution in [1.29, 1.82) is 0 Å². The molecule has 0 spiro atoms. The standard InChI is InChI=1S/C10H13NOS/c1-7-2-3-10(9(11)4-7)13-8-5-12-6-8/h2-4,8H,5-6,11H2,1H3. The van der Waals surface area contributed by atoms with Gasteiger partial charge in [-0.05, 0) is 24.6 Å². The molecule has 0 atom stereocenters. The molecule has 1 aromatic carbocycles. The summed E-state index contributed by atoms with van der Waals surface area (Å²) in [6.45, 7) is 3.77. The molecule has 0 unspecified atom stereocenters. The number of nitrogens with two attached hydrogens (primary N) is 1. The minimum atomic E-state index is 0.602. The van der Waals surface area contributed by atoms with Gasteiger partial charge in [-0.25, -0.2) is 0 Å². The van der Waals surface area contributed by atoms with Gasteiger partial charge in [0, 0.05) is 10.6 Å². The Bertz CT molecular complexity index is 310. The number of aryl methyl sites for hydroxylation is 1. The number of benzene rings is 1. The fourth-order valence-corrected chi connectivity index (χ4v) is 2.27. The molecule has 1 aliphatic heterocycles. The number of ether oxygens (including phenoxy) is 1. The summed E-state index contributed by atoms with van der Waals surface area (Å²) in [7, 11) is 0. The molecule has 0 bridgehead atoms. The summed E-state index contributed by atoms with van der Waals surface area (Å²) in [5.41, 5.74) is 7.99. The maximum atomic E-state index is 5.89. The average molecular weight is 195 g/mol. The first-order valence-electron chi connectivity index (χ1n) is 4.36. The predicted molar refractivity (Wildman–Crippen MR) is 56.1 cm³/mol. The van der Waals surface area contributed by atoms with Gasteiger partial charge in [-0.15, -0.1) is 11.8 Å². The van der Waals surface area contributed by atoms with Crippen LogP contribution < -0.4 is 5.73 Å². The van der Waals surface area contributed by atoms with E-state index in [1.807, 2.05) is 17.8 Å². The maximum Gasteiger partial charge on any atom is 0.0611 e. The zero-order valence-corrected chi connectivity index (χ0v) is 8.43. The molecule has 1 aromatic rings. The number of nitrogen functional groups attached to an aromatic ring is 1. The van der Waals surface area contributed by atoms with Crippen LogP contribution in [0.5, 0.6) is 0 Å². The lowest BCUT2D eigenvalue weighted by atomic mass is 10.2. The Morgan fingerprint density at radius 1 is 1.46 bits per heavy atom. The highest BCUT2D eigenvalue weighted by atomic mass is 32.2. The van der Waals surface area contributed by atoms with Crippen molar-refractivity contribution in [2.24, 2.45) is 0 Å². The Hall–Kier alpha value is -0.670. The van der Waals surface area contributed by atoms with Gasteiger partial charge in [-0.1, -0.05) is 6.07 Å². The second-order valence-corrected chi connectivity index (χ2v) is 4.66. The van der Waals surface area contributed by atoms with Crippen LogP contribution in [0.4, 0.5) is 5.69 Å². The van der Waals surface area contributed by atoms with Gasteiger partial charge in [0.25, 0.3) is 0 Å². The third-order valence-electron chi connectivity index (χ3n) is 2.07. The van der Waals surface area contributed by atoms with Gasteiger partial charge in [0.15, 0.2) is 0 Å². The molecule has 3 heteroatoms. The van der Waals surface area contributed by atoms with Gasteiger partial charge in [-0.2, -0.15) is 0 Å². The molecular weight excluding hydrogens is 182 g/mol. The van der Waals surface area contributed by atoms with E-state index in [2.05, 4.69) is 19.1 Å². The minimum absolute atomic E-state index is 0.602. The van der Waals surface area contributed by atoms with Crippen LogP contribution in [0.1, 0.15) is 5.56 Å². The van der Waals surface area contributed by atoms with E-state index in [0.717, 1.165) is 18.9 Å². The van der Waals surface area contributed by atoms with Crippen LogP contribution in [0.25, 0.3) is 0 Å². The van der Waals surface area contributed by atoms with Crippen molar-refractivity contribution in [3.05, 3.63) is 23.8 Å². The lowest BCUT2D eigenvalue weighted by Gasteiger charge is -2.25. The van der Waals surface area contributed by atoms with Gasteiger partial charge in [0.1, 0.15) is 0 Å². The number of hydrogen-bond acceptors (Lipinski definition) is 3. The monoisotopic (exact) mass is 195 g/mol. The number of anilines is 1. The first-order valence-corrected chi connectivity index (χ1v) is 5.24. The highest BCUT2D eigenvalue weighted by Gasteiger charge is 2.20. The molecule has 0 aromatic heterocycles. The summed E-state index contributed by atoms with van der Waals surface area (Å²) in [6.07, 6.45) is 0. The maximum absolute atomic E-state index is 5.89. The van der Waals surface area contributed by atoms with Gasteiger partial charge in [0.05, 0.1) is 18.5 Å². The lowest BCUT2D eigenvalue weighted by molar-refractivity contribution is 0.0455. The summed E-state index contributed by atoms with van der Waals surface area (Å²) >= 11 is 1.82. The van der Waals surface area contributed by atoms with Gasteiger partial charge >= 0.3 is 0 Å². The molecular formula is C10H13NOS. The van der Waals surface area contributed by atoms with Crippen LogP contribution in [0.15, 0.2) is 23.1 Å². The molecule has 1 saturated heterocycles. The van der Waals surface area contributed by atoms with E-state index in [0.29, 0.717) is 5.25 Å². The van der Waals surface area contributed by atoms with Crippen molar-refractivity contribution in [3.63, 3.8) is 0 Å². The first kappa shape index (κ1) is 8.91. The van der Waals surface area contributed by atoms with Crippen LogP contribution in [0.3, 0.4) is 0 Å². The van der Waals surface area contributed by atoms with Crippen LogP contribution in [0.2, 0.25) is 0 Å². The second kappa shape index (κ2) is 3.60. The normalized spacial score (nSPS) is 17.0. The number of rotatable bonds is 2. The Morgan fingerprint density at radius 3 is 2.77 bits per heavy atom. The van der Waals surface area contributed by atoms with Gasteiger partial charge < -0.3 is 10.5 Å². The largest absolute Gasteiger partial charge is 0.398 e. The highest BCUT2D eigenvalue weighted by molar-refractivity contribution is 8.00. The van der Waals surface area contributed by atoms with Crippen molar-refractivity contribution in [1.82, 2.24) is 0 Å². The van der Waals surface area contributed by atoms with E-state index < -0.39 is 0 Å². The summed E-state index contributed by atoms with van der Waals surface area (Å²) in [4.78, 5) is 1.18. The SMILES string of the molecule is Cc1ccc(SC2COC2)c(N)c1. The number of hydrogen-bond donors (Lipinski definition) is 1. The lowest BCUT2D eigenvalue weighted by Crippen LogP contribution is -2.30. The quantitative estimate of drug-likeness (QED) is 0.734. The fourth-order valence-electron chi connectivity index (χ4n) is 1.24. The number of thioether (sulfide) groups is 1.